The van der Waals surface area contributed by atoms with Gasteiger partial charge in [-0.15, -0.1) is 0 Å². The van der Waals surface area contributed by atoms with E-state index in [1.54, 1.807) is 0 Å². The summed E-state index contributed by atoms with van der Waals surface area (Å²) in [5.74, 6) is 0. The van der Waals surface area contributed by atoms with Gasteiger partial charge in [0, 0.05) is 32.4 Å². The summed E-state index contributed by atoms with van der Waals surface area (Å²) in [4.78, 5) is 3.25. The Bertz CT molecular complexity index is 654. The summed E-state index contributed by atoms with van der Waals surface area (Å²) in [7, 11) is -2.57. The molecule has 1 aromatic carbocycles. The summed E-state index contributed by atoms with van der Waals surface area (Å²) in [6.07, 6.45) is 0.905. The van der Waals surface area contributed by atoms with Crippen LogP contribution in [0.1, 0.15) is 27.2 Å². The van der Waals surface area contributed by atoms with Gasteiger partial charge in [0.15, 0.2) is 4.77 Å². The van der Waals surface area contributed by atoms with Crippen LogP contribution in [-0.2, 0) is 19.8 Å². The molecule has 0 fully saturated rings. The fourth-order valence-electron chi connectivity index (χ4n) is 2.78. The highest BCUT2D eigenvalue weighted by atomic mass is 32.1. The van der Waals surface area contributed by atoms with Gasteiger partial charge in [0.25, 0.3) is 0 Å². The Balaban J connectivity index is 2.08. The maximum atomic E-state index is 5.90. The molecule has 0 saturated carbocycles. The zero-order chi connectivity index (χ0) is 16.7. The highest BCUT2D eigenvalue weighted by molar-refractivity contribution is 7.71. The molecule has 0 saturated heterocycles. The summed E-state index contributed by atoms with van der Waals surface area (Å²) in [5, 5.41) is 0. The Hall–Kier alpha value is -0.993. The zero-order valence-electron chi connectivity index (χ0n) is 14.1. The van der Waals surface area contributed by atoms with Crippen molar-refractivity contribution in [3.8, 4) is 0 Å². The van der Waals surface area contributed by atoms with Gasteiger partial charge in [0.1, 0.15) is 0 Å². The van der Waals surface area contributed by atoms with E-state index in [0.29, 0.717) is 19.8 Å². The second-order valence-electron chi connectivity index (χ2n) is 5.18. The van der Waals surface area contributed by atoms with Crippen LogP contribution in [0.2, 0.25) is 6.04 Å². The number of benzene rings is 1. The number of aryl methyl sites for hydroxylation is 1. The largest absolute Gasteiger partial charge is 0.500 e. The molecular formula is C16H26N2O3SSi. The van der Waals surface area contributed by atoms with Gasteiger partial charge in [-0.05, 0) is 51.5 Å². The van der Waals surface area contributed by atoms with Crippen LogP contribution < -0.4 is 0 Å². The molecule has 0 radical (unpaired) electrons. The lowest BCUT2D eigenvalue weighted by molar-refractivity contribution is 0.0705. The second kappa shape index (κ2) is 8.75. The smallest absolute Gasteiger partial charge is 0.374 e. The van der Waals surface area contributed by atoms with Gasteiger partial charge in [-0.2, -0.15) is 0 Å². The number of aromatic nitrogens is 2. The van der Waals surface area contributed by atoms with Crippen molar-refractivity contribution in [2.45, 2.75) is 39.8 Å². The van der Waals surface area contributed by atoms with Crippen LogP contribution >= 0.6 is 12.2 Å². The van der Waals surface area contributed by atoms with Gasteiger partial charge in [-0.3, -0.25) is 0 Å². The topological polar surface area (TPSA) is 48.4 Å². The van der Waals surface area contributed by atoms with Crippen molar-refractivity contribution in [3.05, 3.63) is 29.0 Å². The van der Waals surface area contributed by atoms with Gasteiger partial charge in [-0.1, -0.05) is 12.1 Å². The van der Waals surface area contributed by atoms with Crippen molar-refractivity contribution >= 4 is 32.1 Å². The van der Waals surface area contributed by atoms with Crippen LogP contribution in [0.4, 0.5) is 0 Å². The van der Waals surface area contributed by atoms with Crippen LogP contribution in [0.3, 0.4) is 0 Å². The summed E-state index contributed by atoms with van der Waals surface area (Å²) >= 11 is 5.44. The van der Waals surface area contributed by atoms with E-state index in [1.807, 2.05) is 39.0 Å². The average Bonchev–Trinajstić information content (AvgIpc) is 2.84. The fourth-order valence-corrected chi connectivity index (χ4v) is 5.68. The third kappa shape index (κ3) is 4.51. The second-order valence-corrected chi connectivity index (χ2v) is 8.30. The van der Waals surface area contributed by atoms with E-state index in [0.717, 1.165) is 34.8 Å². The predicted octanol–water partition coefficient (Wildman–Crippen LogP) is 4.14. The number of hydrogen-bond acceptors (Lipinski definition) is 4. The highest BCUT2D eigenvalue weighted by Gasteiger charge is 2.39. The lowest BCUT2D eigenvalue weighted by Gasteiger charge is -2.28. The monoisotopic (exact) mass is 354 g/mol. The number of H-pyrrole nitrogens is 1. The van der Waals surface area contributed by atoms with Crippen molar-refractivity contribution in [2.75, 3.05) is 19.8 Å². The summed E-state index contributed by atoms with van der Waals surface area (Å²) in [6.45, 7) is 8.60. The molecule has 1 aromatic heterocycles. The predicted molar refractivity (Wildman–Crippen MR) is 97.2 cm³/mol. The normalized spacial score (nSPS) is 12.1. The summed E-state index contributed by atoms with van der Waals surface area (Å²) < 4.78 is 20.6. The molecule has 23 heavy (non-hydrogen) atoms. The zero-order valence-corrected chi connectivity index (χ0v) is 15.9. The average molecular weight is 355 g/mol. The Morgan fingerprint density at radius 3 is 2.26 bits per heavy atom. The maximum Gasteiger partial charge on any atom is 0.500 e. The van der Waals surface area contributed by atoms with E-state index < -0.39 is 8.80 Å². The van der Waals surface area contributed by atoms with Gasteiger partial charge in [-0.25, -0.2) is 0 Å². The first-order chi connectivity index (χ1) is 11.2. The molecule has 0 amide bonds. The number of nitrogens with zero attached hydrogens (tertiary/aromatic N) is 1. The standard InChI is InChI=1S/C16H26N2O3SSi/c1-4-19-23(20-5-2,21-6-3)13-9-12-18-15-11-8-7-10-14(15)17-16(18)22/h7-8,10-11H,4-6,9,12-13H2,1-3H3,(H,17,22). The van der Waals surface area contributed by atoms with Crippen molar-refractivity contribution in [3.63, 3.8) is 0 Å². The minimum absolute atomic E-state index is 0.610. The number of rotatable bonds is 10. The van der Waals surface area contributed by atoms with E-state index in [4.69, 9.17) is 25.5 Å². The lowest BCUT2D eigenvalue weighted by Crippen LogP contribution is -2.46. The Labute approximate surface area is 143 Å². The van der Waals surface area contributed by atoms with Crippen LogP contribution in [0.15, 0.2) is 24.3 Å². The number of hydrogen-bond donors (Lipinski definition) is 1. The maximum absolute atomic E-state index is 5.90. The first kappa shape index (κ1) is 18.3. The van der Waals surface area contributed by atoms with Crippen LogP contribution in [-0.4, -0.2) is 38.2 Å². The molecule has 128 valence electrons. The van der Waals surface area contributed by atoms with E-state index in [-0.39, 0.29) is 0 Å². The van der Waals surface area contributed by atoms with Gasteiger partial charge < -0.3 is 22.8 Å². The van der Waals surface area contributed by atoms with Crippen molar-refractivity contribution in [2.24, 2.45) is 0 Å². The fraction of sp³-hybridized carbons (Fsp3) is 0.562. The quantitative estimate of drug-likeness (QED) is 0.515. The molecule has 7 heteroatoms. The highest BCUT2D eigenvalue weighted by Crippen LogP contribution is 2.20. The third-order valence-corrected chi connectivity index (χ3v) is 7.11. The first-order valence-electron chi connectivity index (χ1n) is 8.25. The van der Waals surface area contributed by atoms with Crippen molar-refractivity contribution in [1.82, 2.24) is 9.55 Å². The van der Waals surface area contributed by atoms with Gasteiger partial charge >= 0.3 is 8.80 Å². The number of aromatic amines is 1. The molecule has 0 atom stereocenters. The van der Waals surface area contributed by atoms with Gasteiger partial charge in [0.05, 0.1) is 11.0 Å². The molecule has 0 unspecified atom stereocenters. The van der Waals surface area contributed by atoms with E-state index >= 15 is 0 Å². The Morgan fingerprint density at radius 1 is 1.04 bits per heavy atom. The van der Waals surface area contributed by atoms with E-state index in [9.17, 15) is 0 Å². The van der Waals surface area contributed by atoms with Crippen LogP contribution in [0.5, 0.6) is 0 Å². The van der Waals surface area contributed by atoms with Crippen LogP contribution in [0, 0.1) is 4.77 Å². The molecule has 0 bridgehead atoms. The first-order valence-corrected chi connectivity index (χ1v) is 10.6. The SMILES string of the molecule is CCO[Si](CCCn1c(=S)[nH]c2ccccc21)(OCC)OCC. The molecule has 0 aliphatic heterocycles. The molecule has 0 spiro atoms. The summed E-state index contributed by atoms with van der Waals surface area (Å²) in [5.41, 5.74) is 2.20. The third-order valence-electron chi connectivity index (χ3n) is 3.64. The molecule has 2 aromatic rings. The summed E-state index contributed by atoms with van der Waals surface area (Å²) in [6, 6.07) is 8.96. The molecule has 0 aliphatic rings. The minimum Gasteiger partial charge on any atom is -0.374 e. The van der Waals surface area contributed by atoms with Crippen molar-refractivity contribution in [1.29, 1.82) is 0 Å². The number of nitrogens with one attached hydrogen (secondary N) is 1. The lowest BCUT2D eigenvalue weighted by atomic mass is 10.3. The van der Waals surface area contributed by atoms with Crippen LogP contribution in [0.25, 0.3) is 11.0 Å². The Kier molecular flexibility index (Phi) is 6.98. The van der Waals surface area contributed by atoms with E-state index in [2.05, 4.69) is 15.6 Å². The minimum atomic E-state index is -2.57. The van der Waals surface area contributed by atoms with Crippen molar-refractivity contribution < 1.29 is 13.3 Å². The molecule has 1 N–H and O–H groups in total. The molecule has 1 heterocycles. The van der Waals surface area contributed by atoms with E-state index in [1.165, 1.54) is 0 Å². The molecule has 0 aliphatic carbocycles. The molecule has 2 rings (SSSR count). The number of para-hydroxylation sites is 2. The number of fused-ring (bicyclic) bond motifs is 1. The van der Waals surface area contributed by atoms with Gasteiger partial charge in [0.2, 0.25) is 0 Å². The Morgan fingerprint density at radius 2 is 1.65 bits per heavy atom. The molecule has 5 nitrogen and oxygen atoms in total. The molecular weight excluding hydrogens is 328 g/mol. The number of imidazole rings is 1.